The van der Waals surface area contributed by atoms with Gasteiger partial charge in [0.25, 0.3) is 0 Å². The van der Waals surface area contributed by atoms with Crippen molar-refractivity contribution in [1.29, 1.82) is 0 Å². The van der Waals surface area contributed by atoms with Crippen molar-refractivity contribution in [2.24, 2.45) is 0 Å². The molecule has 0 amide bonds. The van der Waals surface area contributed by atoms with E-state index in [9.17, 15) is 8.78 Å². The second-order valence-electron chi connectivity index (χ2n) is 5.01. The molecule has 2 rings (SSSR count). The minimum absolute atomic E-state index is 0.174. The van der Waals surface area contributed by atoms with E-state index in [0.29, 0.717) is 18.7 Å². The molecule has 1 aromatic carbocycles. The van der Waals surface area contributed by atoms with Crippen LogP contribution in [-0.2, 0) is 0 Å². The summed E-state index contributed by atoms with van der Waals surface area (Å²) in [5, 5.41) is 8.53. The third kappa shape index (κ3) is 4.12. The molecule has 1 aliphatic rings. The second kappa shape index (κ2) is 7.31. The van der Waals surface area contributed by atoms with Gasteiger partial charge in [-0.2, -0.15) is 0 Å². The number of alkyl halides is 1. The summed E-state index contributed by atoms with van der Waals surface area (Å²) >= 11 is 6.28. The van der Waals surface area contributed by atoms with Gasteiger partial charge in [-0.25, -0.2) is 8.78 Å². The molecule has 1 atom stereocenters. The van der Waals surface area contributed by atoms with E-state index in [2.05, 4.69) is 9.80 Å². The molecular formula is C14H19ClF2N2O. The van der Waals surface area contributed by atoms with E-state index in [1.165, 1.54) is 6.07 Å². The standard InChI is InChI=1S/C14H19ClF2N2O/c15-12(11-1-2-13(16)14(17)9-11)10-19-5-3-18(4-6-19)7-8-20/h1-2,9,12,20H,3-8,10H2. The Morgan fingerprint density at radius 1 is 1.10 bits per heavy atom. The molecule has 0 spiro atoms. The van der Waals surface area contributed by atoms with Gasteiger partial charge in [-0.3, -0.25) is 9.80 Å². The SMILES string of the molecule is OCCN1CCN(CC(Cl)c2ccc(F)c(F)c2)CC1. The molecule has 1 unspecified atom stereocenters. The van der Waals surface area contributed by atoms with Gasteiger partial charge in [0.15, 0.2) is 11.6 Å². The molecule has 112 valence electrons. The molecule has 0 saturated carbocycles. The van der Waals surface area contributed by atoms with Crippen LogP contribution in [0.4, 0.5) is 8.78 Å². The van der Waals surface area contributed by atoms with E-state index in [1.54, 1.807) is 0 Å². The number of piperazine rings is 1. The zero-order chi connectivity index (χ0) is 14.5. The Balaban J connectivity index is 1.85. The molecular weight excluding hydrogens is 286 g/mol. The van der Waals surface area contributed by atoms with Crippen LogP contribution in [0.2, 0.25) is 0 Å². The number of aliphatic hydroxyl groups excluding tert-OH is 1. The average molecular weight is 305 g/mol. The van der Waals surface area contributed by atoms with E-state index >= 15 is 0 Å². The Morgan fingerprint density at radius 2 is 1.75 bits per heavy atom. The van der Waals surface area contributed by atoms with Crippen molar-refractivity contribution in [2.45, 2.75) is 5.38 Å². The smallest absolute Gasteiger partial charge is 0.159 e. The lowest BCUT2D eigenvalue weighted by Gasteiger charge is -2.35. The van der Waals surface area contributed by atoms with Gasteiger partial charge < -0.3 is 5.11 Å². The topological polar surface area (TPSA) is 26.7 Å². The molecule has 0 aliphatic carbocycles. The van der Waals surface area contributed by atoms with E-state index in [1.807, 2.05) is 0 Å². The zero-order valence-corrected chi connectivity index (χ0v) is 12.0. The van der Waals surface area contributed by atoms with Crippen molar-refractivity contribution in [1.82, 2.24) is 9.80 Å². The molecule has 1 N–H and O–H groups in total. The number of aliphatic hydroxyl groups is 1. The van der Waals surface area contributed by atoms with Gasteiger partial charge in [0.1, 0.15) is 0 Å². The molecule has 1 saturated heterocycles. The lowest BCUT2D eigenvalue weighted by molar-refractivity contribution is 0.112. The quantitative estimate of drug-likeness (QED) is 0.841. The van der Waals surface area contributed by atoms with Gasteiger partial charge in [-0.15, -0.1) is 11.6 Å². The predicted octanol–water partition coefficient (Wildman–Crippen LogP) is 1.85. The molecule has 1 heterocycles. The van der Waals surface area contributed by atoms with Crippen LogP contribution in [-0.4, -0.2) is 60.8 Å². The Kier molecular flexibility index (Phi) is 5.72. The van der Waals surface area contributed by atoms with E-state index in [-0.39, 0.29) is 12.0 Å². The predicted molar refractivity (Wildman–Crippen MR) is 74.9 cm³/mol. The summed E-state index contributed by atoms with van der Waals surface area (Å²) in [5.41, 5.74) is 0.600. The molecule has 0 aromatic heterocycles. The molecule has 0 bridgehead atoms. The summed E-state index contributed by atoms with van der Waals surface area (Å²) in [6.07, 6.45) is 0. The van der Waals surface area contributed by atoms with E-state index < -0.39 is 11.6 Å². The van der Waals surface area contributed by atoms with Crippen molar-refractivity contribution in [3.05, 3.63) is 35.4 Å². The highest BCUT2D eigenvalue weighted by Gasteiger charge is 2.20. The van der Waals surface area contributed by atoms with E-state index in [0.717, 1.165) is 38.3 Å². The maximum Gasteiger partial charge on any atom is 0.159 e. The summed E-state index contributed by atoms with van der Waals surface area (Å²) in [6.45, 7) is 5.00. The fraction of sp³-hybridized carbons (Fsp3) is 0.571. The maximum absolute atomic E-state index is 13.2. The third-order valence-electron chi connectivity index (χ3n) is 3.60. The van der Waals surface area contributed by atoms with Crippen molar-refractivity contribution in [2.75, 3.05) is 45.9 Å². The van der Waals surface area contributed by atoms with Crippen LogP contribution in [0, 0.1) is 11.6 Å². The molecule has 6 heteroatoms. The molecule has 0 radical (unpaired) electrons. The van der Waals surface area contributed by atoms with Crippen molar-refractivity contribution < 1.29 is 13.9 Å². The highest BCUT2D eigenvalue weighted by Crippen LogP contribution is 2.23. The summed E-state index contributed by atoms with van der Waals surface area (Å²) in [4.78, 5) is 4.39. The number of hydrogen-bond donors (Lipinski definition) is 1. The fourth-order valence-corrected chi connectivity index (χ4v) is 2.71. The number of β-amino-alcohol motifs (C(OH)–C–C–N with tert-alkyl or cyclic N) is 1. The summed E-state index contributed by atoms with van der Waals surface area (Å²) < 4.78 is 26.1. The van der Waals surface area contributed by atoms with Crippen LogP contribution in [0.3, 0.4) is 0 Å². The van der Waals surface area contributed by atoms with E-state index in [4.69, 9.17) is 16.7 Å². The van der Waals surface area contributed by atoms with Gasteiger partial charge in [-0.1, -0.05) is 6.07 Å². The van der Waals surface area contributed by atoms with Crippen LogP contribution >= 0.6 is 11.6 Å². The lowest BCUT2D eigenvalue weighted by Crippen LogP contribution is -2.47. The van der Waals surface area contributed by atoms with Gasteiger partial charge in [0.2, 0.25) is 0 Å². The van der Waals surface area contributed by atoms with Gasteiger partial charge in [0, 0.05) is 39.3 Å². The van der Waals surface area contributed by atoms with Crippen molar-refractivity contribution in [3.63, 3.8) is 0 Å². The Bertz CT molecular complexity index is 439. The number of nitrogens with zero attached hydrogens (tertiary/aromatic N) is 2. The highest BCUT2D eigenvalue weighted by molar-refractivity contribution is 6.21. The Morgan fingerprint density at radius 3 is 2.35 bits per heavy atom. The Hall–Kier alpha value is -0.750. The van der Waals surface area contributed by atoms with Crippen LogP contribution < -0.4 is 0 Å². The number of halogens is 3. The molecule has 20 heavy (non-hydrogen) atoms. The molecule has 1 aromatic rings. The maximum atomic E-state index is 13.2. The monoisotopic (exact) mass is 304 g/mol. The number of rotatable bonds is 5. The molecule has 3 nitrogen and oxygen atoms in total. The lowest BCUT2D eigenvalue weighted by atomic mass is 10.1. The summed E-state index contributed by atoms with van der Waals surface area (Å²) in [6, 6.07) is 3.80. The third-order valence-corrected chi connectivity index (χ3v) is 3.99. The molecule has 1 fully saturated rings. The normalized spacial score (nSPS) is 19.2. The molecule has 1 aliphatic heterocycles. The summed E-state index contributed by atoms with van der Waals surface area (Å²) in [7, 11) is 0. The van der Waals surface area contributed by atoms with Crippen molar-refractivity contribution in [3.8, 4) is 0 Å². The van der Waals surface area contributed by atoms with Crippen LogP contribution in [0.15, 0.2) is 18.2 Å². The van der Waals surface area contributed by atoms with Crippen LogP contribution in [0.5, 0.6) is 0 Å². The van der Waals surface area contributed by atoms with Crippen LogP contribution in [0.1, 0.15) is 10.9 Å². The number of benzene rings is 1. The van der Waals surface area contributed by atoms with Gasteiger partial charge in [0.05, 0.1) is 12.0 Å². The minimum atomic E-state index is -0.860. The first-order valence-corrected chi connectivity index (χ1v) is 7.18. The van der Waals surface area contributed by atoms with Crippen LogP contribution in [0.25, 0.3) is 0 Å². The number of hydrogen-bond acceptors (Lipinski definition) is 3. The summed E-state index contributed by atoms with van der Waals surface area (Å²) in [5.74, 6) is -1.71. The second-order valence-corrected chi connectivity index (χ2v) is 5.53. The van der Waals surface area contributed by atoms with Crippen molar-refractivity contribution >= 4 is 11.6 Å². The van der Waals surface area contributed by atoms with Gasteiger partial charge >= 0.3 is 0 Å². The Labute approximate surface area is 122 Å². The van der Waals surface area contributed by atoms with Gasteiger partial charge in [-0.05, 0) is 17.7 Å². The first-order chi connectivity index (χ1) is 9.60. The average Bonchev–Trinajstić information content (AvgIpc) is 2.44. The minimum Gasteiger partial charge on any atom is -0.395 e. The highest BCUT2D eigenvalue weighted by atomic mass is 35.5. The first kappa shape index (κ1) is 15.6. The fourth-order valence-electron chi connectivity index (χ4n) is 2.38. The largest absolute Gasteiger partial charge is 0.395 e. The zero-order valence-electron chi connectivity index (χ0n) is 11.2. The first-order valence-electron chi connectivity index (χ1n) is 6.74.